The molecule has 2 aliphatic heterocycles. The first-order valence-electron chi connectivity index (χ1n) is 7.80. The van der Waals surface area contributed by atoms with Crippen LogP contribution in [0.25, 0.3) is 10.9 Å². The number of nitrogens with zero attached hydrogens (tertiary/aromatic N) is 2. The summed E-state index contributed by atoms with van der Waals surface area (Å²) in [5.41, 5.74) is 1.83. The number of hydrogen-bond donors (Lipinski definition) is 0. The lowest BCUT2D eigenvalue weighted by Crippen LogP contribution is -2.47. The average Bonchev–Trinajstić information content (AvgIpc) is 3.13. The smallest absolute Gasteiger partial charge is 0.270 e. The summed E-state index contributed by atoms with van der Waals surface area (Å²) in [6.07, 6.45) is 1.51. The van der Waals surface area contributed by atoms with Crippen LogP contribution in [0.2, 0.25) is 0 Å². The van der Waals surface area contributed by atoms with E-state index in [1.165, 1.54) is 0 Å². The molecule has 1 aromatic heterocycles. The lowest BCUT2D eigenvalue weighted by molar-refractivity contribution is -0.181. The molecule has 2 saturated heterocycles. The second-order valence-electron chi connectivity index (χ2n) is 6.05. The van der Waals surface area contributed by atoms with Crippen molar-refractivity contribution in [2.75, 3.05) is 26.3 Å². The van der Waals surface area contributed by atoms with Gasteiger partial charge in [0.05, 0.1) is 13.2 Å². The minimum atomic E-state index is -0.435. The minimum absolute atomic E-state index is 0.0894. The lowest BCUT2D eigenvalue weighted by atomic mass is 10.0. The number of rotatable bonds is 1. The molecule has 0 N–H and O–H groups in total. The summed E-state index contributed by atoms with van der Waals surface area (Å²) in [4.78, 5) is 14.7. The zero-order valence-corrected chi connectivity index (χ0v) is 12.7. The standard InChI is InChI=1S/C17H20N2O3/c1-18-14-5-3-2-4-13(14)12-15(18)16(20)19-8-6-17(7-9-19)21-10-11-22-17/h2-5,12H,6-11H2,1H3. The molecule has 0 atom stereocenters. The molecule has 0 radical (unpaired) electrons. The maximum Gasteiger partial charge on any atom is 0.270 e. The number of likely N-dealkylation sites (tertiary alicyclic amines) is 1. The first-order chi connectivity index (χ1) is 10.7. The fourth-order valence-electron chi connectivity index (χ4n) is 3.49. The van der Waals surface area contributed by atoms with E-state index in [-0.39, 0.29) is 5.91 Å². The third-order valence-corrected chi connectivity index (χ3v) is 4.80. The van der Waals surface area contributed by atoms with Crippen molar-refractivity contribution in [3.8, 4) is 0 Å². The summed E-state index contributed by atoms with van der Waals surface area (Å²) in [5, 5.41) is 1.10. The molecule has 2 aromatic rings. The topological polar surface area (TPSA) is 43.7 Å². The van der Waals surface area contributed by atoms with E-state index in [1.54, 1.807) is 0 Å². The van der Waals surface area contributed by atoms with E-state index in [0.717, 1.165) is 29.4 Å². The van der Waals surface area contributed by atoms with Gasteiger partial charge >= 0.3 is 0 Å². The Morgan fingerprint density at radius 3 is 2.50 bits per heavy atom. The van der Waals surface area contributed by atoms with Crippen LogP contribution in [0, 0.1) is 0 Å². The number of carbonyl (C=O) groups excluding carboxylic acids is 1. The zero-order valence-electron chi connectivity index (χ0n) is 12.7. The second-order valence-corrected chi connectivity index (χ2v) is 6.05. The van der Waals surface area contributed by atoms with Crippen LogP contribution in [0.3, 0.4) is 0 Å². The fourth-order valence-corrected chi connectivity index (χ4v) is 3.49. The highest BCUT2D eigenvalue weighted by Gasteiger charge is 2.41. The van der Waals surface area contributed by atoms with Crippen LogP contribution >= 0.6 is 0 Å². The van der Waals surface area contributed by atoms with Gasteiger partial charge in [0.1, 0.15) is 5.69 Å². The monoisotopic (exact) mass is 300 g/mol. The van der Waals surface area contributed by atoms with Gasteiger partial charge in [-0.15, -0.1) is 0 Å². The van der Waals surface area contributed by atoms with E-state index in [2.05, 4.69) is 0 Å². The summed E-state index contributed by atoms with van der Waals surface area (Å²) in [5.74, 6) is -0.345. The van der Waals surface area contributed by atoms with Crippen LogP contribution in [-0.2, 0) is 16.5 Å². The van der Waals surface area contributed by atoms with Crippen LogP contribution < -0.4 is 0 Å². The molecular formula is C17H20N2O3. The lowest BCUT2D eigenvalue weighted by Gasteiger charge is -2.37. The van der Waals surface area contributed by atoms with Crippen molar-refractivity contribution < 1.29 is 14.3 Å². The van der Waals surface area contributed by atoms with Gasteiger partial charge < -0.3 is 18.9 Å². The van der Waals surface area contributed by atoms with Crippen molar-refractivity contribution in [3.63, 3.8) is 0 Å². The quantitative estimate of drug-likeness (QED) is 0.810. The van der Waals surface area contributed by atoms with E-state index >= 15 is 0 Å². The van der Waals surface area contributed by atoms with Gasteiger partial charge in [-0.25, -0.2) is 0 Å². The number of amides is 1. The molecule has 0 aliphatic carbocycles. The Kier molecular flexibility index (Phi) is 3.20. The summed E-state index contributed by atoms with van der Waals surface area (Å²) in [6.45, 7) is 2.69. The number of carbonyl (C=O) groups is 1. The normalized spacial score (nSPS) is 20.9. The fraction of sp³-hybridized carbons (Fsp3) is 0.471. The highest BCUT2D eigenvalue weighted by molar-refractivity contribution is 5.98. The van der Waals surface area contributed by atoms with E-state index in [1.807, 2.05) is 46.8 Å². The number of benzene rings is 1. The zero-order chi connectivity index (χ0) is 15.2. The van der Waals surface area contributed by atoms with Gasteiger partial charge in [-0.3, -0.25) is 4.79 Å². The number of fused-ring (bicyclic) bond motifs is 1. The van der Waals surface area contributed by atoms with Crippen molar-refractivity contribution in [2.24, 2.45) is 7.05 Å². The Labute approximate surface area is 129 Å². The van der Waals surface area contributed by atoms with Crippen molar-refractivity contribution in [2.45, 2.75) is 18.6 Å². The molecule has 0 bridgehead atoms. The van der Waals surface area contributed by atoms with Crippen molar-refractivity contribution in [3.05, 3.63) is 36.0 Å². The molecule has 2 aliphatic rings. The maximum atomic E-state index is 12.8. The average molecular weight is 300 g/mol. The molecule has 4 rings (SSSR count). The van der Waals surface area contributed by atoms with E-state index in [9.17, 15) is 4.79 Å². The third-order valence-electron chi connectivity index (χ3n) is 4.80. The maximum absolute atomic E-state index is 12.8. The predicted molar refractivity (Wildman–Crippen MR) is 82.7 cm³/mol. The Hall–Kier alpha value is -1.85. The summed E-state index contributed by atoms with van der Waals surface area (Å²) in [6, 6.07) is 10.0. The summed E-state index contributed by atoms with van der Waals surface area (Å²) in [7, 11) is 1.95. The molecule has 5 nitrogen and oxygen atoms in total. The first kappa shape index (κ1) is 13.8. The highest BCUT2D eigenvalue weighted by Crippen LogP contribution is 2.32. The number of piperidine rings is 1. The molecule has 5 heteroatoms. The molecule has 1 aromatic carbocycles. The van der Waals surface area contributed by atoms with Gasteiger partial charge in [0, 0.05) is 43.9 Å². The highest BCUT2D eigenvalue weighted by atomic mass is 16.7. The largest absolute Gasteiger partial charge is 0.347 e. The predicted octanol–water partition coefficient (Wildman–Crippen LogP) is 2.16. The van der Waals surface area contributed by atoms with Gasteiger partial charge in [0.2, 0.25) is 0 Å². The van der Waals surface area contributed by atoms with Gasteiger partial charge in [-0.2, -0.15) is 0 Å². The molecule has 116 valence electrons. The number of para-hydroxylation sites is 1. The van der Waals surface area contributed by atoms with Crippen molar-refractivity contribution >= 4 is 16.8 Å². The number of aryl methyl sites for hydroxylation is 1. The molecule has 22 heavy (non-hydrogen) atoms. The second kappa shape index (κ2) is 5.11. The van der Waals surface area contributed by atoms with Crippen LogP contribution in [0.15, 0.2) is 30.3 Å². The van der Waals surface area contributed by atoms with Crippen molar-refractivity contribution in [1.29, 1.82) is 0 Å². The molecule has 1 spiro atoms. The Morgan fingerprint density at radius 2 is 1.82 bits per heavy atom. The Balaban J connectivity index is 1.55. The van der Waals surface area contributed by atoms with E-state index in [0.29, 0.717) is 26.3 Å². The minimum Gasteiger partial charge on any atom is -0.347 e. The molecular weight excluding hydrogens is 280 g/mol. The third kappa shape index (κ3) is 2.12. The number of ether oxygens (including phenoxy) is 2. The van der Waals surface area contributed by atoms with Crippen LogP contribution in [0.1, 0.15) is 23.3 Å². The molecule has 1 amide bonds. The SMILES string of the molecule is Cn1c(C(=O)N2CCC3(CC2)OCCO3)cc2ccccc21. The number of hydrogen-bond acceptors (Lipinski definition) is 3. The summed E-state index contributed by atoms with van der Waals surface area (Å²) < 4.78 is 13.4. The Morgan fingerprint density at radius 1 is 1.14 bits per heavy atom. The molecule has 0 saturated carbocycles. The number of aromatic nitrogens is 1. The molecule has 2 fully saturated rings. The van der Waals surface area contributed by atoms with Gasteiger partial charge in [0.15, 0.2) is 5.79 Å². The van der Waals surface area contributed by atoms with Crippen LogP contribution in [0.4, 0.5) is 0 Å². The first-order valence-corrected chi connectivity index (χ1v) is 7.80. The van der Waals surface area contributed by atoms with E-state index < -0.39 is 5.79 Å². The van der Waals surface area contributed by atoms with E-state index in [4.69, 9.17) is 9.47 Å². The Bertz CT molecular complexity index is 706. The van der Waals surface area contributed by atoms with Crippen molar-refractivity contribution in [1.82, 2.24) is 9.47 Å². The van der Waals surface area contributed by atoms with Gasteiger partial charge in [-0.05, 0) is 12.1 Å². The van der Waals surface area contributed by atoms with Crippen LogP contribution in [0.5, 0.6) is 0 Å². The van der Waals surface area contributed by atoms with Crippen LogP contribution in [-0.4, -0.2) is 47.5 Å². The summed E-state index contributed by atoms with van der Waals surface area (Å²) >= 11 is 0. The molecule has 0 unspecified atom stereocenters. The van der Waals surface area contributed by atoms with Gasteiger partial charge in [-0.1, -0.05) is 18.2 Å². The van der Waals surface area contributed by atoms with Gasteiger partial charge in [0.25, 0.3) is 5.91 Å². The molecule has 3 heterocycles.